The predicted octanol–water partition coefficient (Wildman–Crippen LogP) is 4.00. The van der Waals surface area contributed by atoms with Crippen molar-refractivity contribution in [2.75, 3.05) is 0 Å². The molecule has 1 unspecified atom stereocenters. The van der Waals surface area contributed by atoms with E-state index in [1.165, 1.54) is 0 Å². The molecule has 1 rings (SSSR count). The summed E-state index contributed by atoms with van der Waals surface area (Å²) in [5.41, 5.74) is 6.84. The summed E-state index contributed by atoms with van der Waals surface area (Å²) in [4.78, 5) is 0. The lowest BCUT2D eigenvalue weighted by molar-refractivity contribution is -0.127. The molecule has 2 N–H and O–H groups in total. The van der Waals surface area contributed by atoms with Crippen LogP contribution in [0, 0.1) is 0 Å². The Kier molecular flexibility index (Phi) is 4.61. The Balaban J connectivity index is 3.02. The zero-order valence-corrected chi connectivity index (χ0v) is 11.3. The lowest BCUT2D eigenvalue weighted by Crippen LogP contribution is -2.22. The van der Waals surface area contributed by atoms with Crippen LogP contribution in [0.25, 0.3) is 0 Å². The Morgan fingerprint density at radius 2 is 1.88 bits per heavy atom. The maximum atomic E-state index is 12.4. The van der Waals surface area contributed by atoms with E-state index in [4.69, 9.17) is 5.73 Å². The highest BCUT2D eigenvalue weighted by Crippen LogP contribution is 2.29. The van der Waals surface area contributed by atoms with E-state index in [1.807, 2.05) is 13.8 Å². The number of hydrogen-bond donors (Lipinski definition) is 1. The van der Waals surface area contributed by atoms with E-state index in [9.17, 15) is 13.2 Å². The molecule has 0 aliphatic heterocycles. The van der Waals surface area contributed by atoms with Crippen molar-refractivity contribution >= 4 is 15.9 Å². The molecule has 0 bridgehead atoms. The van der Waals surface area contributed by atoms with Gasteiger partial charge in [-0.3, -0.25) is 0 Å². The quantitative estimate of drug-likeness (QED) is 0.897. The highest BCUT2D eigenvalue weighted by atomic mass is 79.9. The lowest BCUT2D eigenvalue weighted by atomic mass is 9.93. The molecule has 1 nitrogen and oxygen atoms in total. The Morgan fingerprint density at radius 1 is 1.29 bits per heavy atom. The van der Waals surface area contributed by atoms with Crippen LogP contribution in [-0.2, 0) is 6.42 Å². The van der Waals surface area contributed by atoms with Crippen molar-refractivity contribution in [1.29, 1.82) is 0 Å². The molecule has 17 heavy (non-hydrogen) atoms. The Bertz CT molecular complexity index is 388. The molecule has 2 atom stereocenters. The first-order valence-corrected chi connectivity index (χ1v) is 6.10. The van der Waals surface area contributed by atoms with Crippen LogP contribution in [0.3, 0.4) is 0 Å². The van der Waals surface area contributed by atoms with E-state index in [0.717, 1.165) is 5.56 Å². The van der Waals surface area contributed by atoms with Crippen LogP contribution in [0.2, 0.25) is 0 Å². The second-order valence-electron chi connectivity index (χ2n) is 4.29. The highest BCUT2D eigenvalue weighted by Gasteiger charge is 2.29. The van der Waals surface area contributed by atoms with E-state index in [2.05, 4.69) is 15.9 Å². The predicted molar refractivity (Wildman–Crippen MR) is 66.0 cm³/mol. The molecule has 96 valence electrons. The van der Waals surface area contributed by atoms with Gasteiger partial charge in [0.25, 0.3) is 0 Å². The summed E-state index contributed by atoms with van der Waals surface area (Å²) in [6.07, 6.45) is -5.12. The molecule has 0 aliphatic rings. The number of hydrogen-bond acceptors (Lipinski definition) is 1. The summed E-state index contributed by atoms with van der Waals surface area (Å²) in [6, 6.07) is 4.94. The first-order valence-electron chi connectivity index (χ1n) is 5.31. The fourth-order valence-corrected chi connectivity index (χ4v) is 1.92. The molecule has 0 saturated heterocycles. The monoisotopic (exact) mass is 309 g/mol. The van der Waals surface area contributed by atoms with Crippen LogP contribution in [-0.4, -0.2) is 12.2 Å². The first-order chi connectivity index (χ1) is 7.70. The van der Waals surface area contributed by atoms with Crippen molar-refractivity contribution in [2.45, 2.75) is 38.4 Å². The van der Waals surface area contributed by atoms with Crippen molar-refractivity contribution in [2.24, 2.45) is 5.73 Å². The Morgan fingerprint density at radius 3 is 2.35 bits per heavy atom. The summed E-state index contributed by atoms with van der Waals surface area (Å²) in [5.74, 6) is 0.0371. The summed E-state index contributed by atoms with van der Waals surface area (Å²) >= 11 is 3.14. The molecule has 0 saturated carbocycles. The molecule has 0 amide bonds. The van der Waals surface area contributed by atoms with Gasteiger partial charge in [0.1, 0.15) is 0 Å². The van der Waals surface area contributed by atoms with Gasteiger partial charge in [0.05, 0.1) is 6.42 Å². The summed E-state index contributed by atoms with van der Waals surface area (Å²) in [5, 5.41) is 0. The van der Waals surface area contributed by atoms with Gasteiger partial charge in [-0.25, -0.2) is 0 Å². The fourth-order valence-electron chi connectivity index (χ4n) is 1.53. The SMILES string of the molecule is CC(c1ccc(Br)c(CC(F)(F)F)c1)[C@@H](C)N. The van der Waals surface area contributed by atoms with Gasteiger partial charge in [0.15, 0.2) is 0 Å². The first kappa shape index (κ1) is 14.5. The van der Waals surface area contributed by atoms with Gasteiger partial charge in [-0.05, 0) is 30.0 Å². The molecule has 0 heterocycles. The maximum absolute atomic E-state index is 12.4. The highest BCUT2D eigenvalue weighted by molar-refractivity contribution is 9.10. The molecule has 1 aromatic carbocycles. The Labute approximate surface area is 107 Å². The third kappa shape index (κ3) is 4.32. The minimum atomic E-state index is -4.20. The van der Waals surface area contributed by atoms with Gasteiger partial charge in [0, 0.05) is 10.5 Å². The smallest absolute Gasteiger partial charge is 0.327 e. The summed E-state index contributed by atoms with van der Waals surface area (Å²) in [7, 11) is 0. The number of benzene rings is 1. The molecule has 5 heteroatoms. The minimum absolute atomic E-state index is 0.0371. The molecule has 0 spiro atoms. The van der Waals surface area contributed by atoms with Crippen LogP contribution in [0.1, 0.15) is 30.9 Å². The minimum Gasteiger partial charge on any atom is -0.327 e. The van der Waals surface area contributed by atoms with Gasteiger partial charge in [0.2, 0.25) is 0 Å². The van der Waals surface area contributed by atoms with E-state index >= 15 is 0 Å². The zero-order chi connectivity index (χ0) is 13.2. The summed E-state index contributed by atoms with van der Waals surface area (Å²) < 4.78 is 37.6. The number of alkyl halides is 3. The lowest BCUT2D eigenvalue weighted by Gasteiger charge is -2.18. The van der Waals surface area contributed by atoms with Crippen LogP contribution < -0.4 is 5.73 Å². The van der Waals surface area contributed by atoms with Crippen LogP contribution >= 0.6 is 15.9 Å². The topological polar surface area (TPSA) is 26.0 Å². The normalized spacial score (nSPS) is 15.7. The van der Waals surface area contributed by atoms with E-state index in [1.54, 1.807) is 18.2 Å². The van der Waals surface area contributed by atoms with Crippen molar-refractivity contribution in [3.05, 3.63) is 33.8 Å². The van der Waals surface area contributed by atoms with Gasteiger partial charge >= 0.3 is 6.18 Å². The summed E-state index contributed by atoms with van der Waals surface area (Å²) in [6.45, 7) is 3.75. The van der Waals surface area contributed by atoms with Crippen molar-refractivity contribution in [3.63, 3.8) is 0 Å². The Hall–Kier alpha value is -0.550. The van der Waals surface area contributed by atoms with Crippen molar-refractivity contribution < 1.29 is 13.2 Å². The van der Waals surface area contributed by atoms with Crippen molar-refractivity contribution in [3.8, 4) is 0 Å². The molecule has 0 aromatic heterocycles. The van der Waals surface area contributed by atoms with E-state index < -0.39 is 12.6 Å². The third-order valence-corrected chi connectivity index (χ3v) is 3.55. The van der Waals surface area contributed by atoms with Crippen LogP contribution in [0.5, 0.6) is 0 Å². The van der Waals surface area contributed by atoms with E-state index in [-0.39, 0.29) is 17.5 Å². The van der Waals surface area contributed by atoms with E-state index in [0.29, 0.717) is 4.47 Å². The number of nitrogens with two attached hydrogens (primary N) is 1. The van der Waals surface area contributed by atoms with Crippen LogP contribution in [0.15, 0.2) is 22.7 Å². The average molecular weight is 310 g/mol. The van der Waals surface area contributed by atoms with Gasteiger partial charge < -0.3 is 5.73 Å². The molecule has 0 fully saturated rings. The van der Waals surface area contributed by atoms with Crippen molar-refractivity contribution in [1.82, 2.24) is 0 Å². The zero-order valence-electron chi connectivity index (χ0n) is 9.68. The second-order valence-corrected chi connectivity index (χ2v) is 5.14. The molecule has 1 aromatic rings. The van der Waals surface area contributed by atoms with Gasteiger partial charge in [-0.1, -0.05) is 35.0 Å². The molecule has 0 radical (unpaired) electrons. The largest absolute Gasteiger partial charge is 0.393 e. The van der Waals surface area contributed by atoms with Crippen LogP contribution in [0.4, 0.5) is 13.2 Å². The average Bonchev–Trinajstić information content (AvgIpc) is 2.18. The standard InChI is InChI=1S/C12H15BrF3N/c1-7(8(2)17)9-3-4-11(13)10(5-9)6-12(14,15)16/h3-5,7-8H,6,17H2,1-2H3/t7?,8-/m1/s1. The third-order valence-electron chi connectivity index (χ3n) is 2.78. The number of rotatable bonds is 3. The molecular weight excluding hydrogens is 295 g/mol. The molecular formula is C12H15BrF3N. The number of halogens is 4. The van der Waals surface area contributed by atoms with Gasteiger partial charge in [-0.2, -0.15) is 13.2 Å². The maximum Gasteiger partial charge on any atom is 0.393 e. The fraction of sp³-hybridized carbons (Fsp3) is 0.500. The van der Waals surface area contributed by atoms with Gasteiger partial charge in [-0.15, -0.1) is 0 Å². The molecule has 0 aliphatic carbocycles. The second kappa shape index (κ2) is 5.40.